The van der Waals surface area contributed by atoms with Crippen molar-refractivity contribution in [3.05, 3.63) is 113 Å². The van der Waals surface area contributed by atoms with Gasteiger partial charge in [-0.05, 0) is 55.2 Å². The Bertz CT molecular complexity index is 1290. The largest absolute Gasteiger partial charge is 0.373 e. The smallest absolute Gasteiger partial charge is 0.255 e. The van der Waals surface area contributed by atoms with Crippen LogP contribution in [-0.2, 0) is 38.8 Å². The van der Waals surface area contributed by atoms with E-state index in [9.17, 15) is 9.59 Å². The quantitative estimate of drug-likeness (QED) is 0.200. The second kappa shape index (κ2) is 15.3. The van der Waals surface area contributed by atoms with E-state index in [0.29, 0.717) is 26.2 Å². The number of fused-ring (bicyclic) bond motifs is 1. The number of ether oxygens (including phenoxy) is 2. The minimum atomic E-state index is -0.776. The van der Waals surface area contributed by atoms with E-state index in [-0.39, 0.29) is 18.6 Å². The second-order valence-corrected chi connectivity index (χ2v) is 10.4. The van der Waals surface area contributed by atoms with E-state index < -0.39 is 12.2 Å². The van der Waals surface area contributed by atoms with Gasteiger partial charge in [0.15, 0.2) is 6.10 Å². The van der Waals surface area contributed by atoms with E-state index in [1.807, 2.05) is 117 Å². The zero-order valence-electron chi connectivity index (χ0n) is 25.0. The molecule has 4 rings (SSSR count). The summed E-state index contributed by atoms with van der Waals surface area (Å²) >= 11 is 0. The maximum Gasteiger partial charge on any atom is 0.255 e. The fourth-order valence-electron chi connectivity index (χ4n) is 5.15. The summed E-state index contributed by atoms with van der Waals surface area (Å²) in [7, 11) is 1.86. The van der Waals surface area contributed by atoms with E-state index in [1.165, 1.54) is 0 Å². The summed E-state index contributed by atoms with van der Waals surface area (Å²) in [5, 5.41) is 1.92. The van der Waals surface area contributed by atoms with Crippen LogP contribution >= 0.6 is 0 Å². The molecule has 0 aliphatic carbocycles. The average molecular weight is 571 g/mol. The summed E-state index contributed by atoms with van der Waals surface area (Å²) in [5.74, 6) is -0.0936. The molecule has 0 spiro atoms. The molecule has 42 heavy (non-hydrogen) atoms. The number of hydrazine groups is 1. The van der Waals surface area contributed by atoms with Crippen LogP contribution in [0.4, 0.5) is 5.69 Å². The van der Waals surface area contributed by atoms with E-state index in [1.54, 1.807) is 4.90 Å². The Kier molecular flexibility index (Phi) is 11.3. The first-order valence-electron chi connectivity index (χ1n) is 14.5. The van der Waals surface area contributed by atoms with Gasteiger partial charge in [0, 0.05) is 32.9 Å². The third-order valence-electron chi connectivity index (χ3n) is 7.65. The number of nitrogens with one attached hydrogen (secondary N) is 1. The Morgan fingerprint density at radius 2 is 1.60 bits per heavy atom. The Labute approximate surface area is 249 Å². The molecule has 3 aromatic carbocycles. The molecule has 3 aromatic rings. The van der Waals surface area contributed by atoms with Crippen molar-refractivity contribution in [3.63, 3.8) is 0 Å². The SMILES string of the molecule is C/C=C\N(NC)c1ccc([C@@H](C)N(C=O)CCO[C@@H](C)[C@@H](OCc2ccccc2)C(=O)N2Cc3ccccc3C2)cc1. The standard InChI is InChI=1S/C34H42N4O4/c1-5-19-38(35-4)32-17-15-29(16-18-32)26(2)36(25-39)20-21-41-27(3)33(42-24-28-11-7-6-8-12-28)34(40)37-22-30-13-9-10-14-31(30)23-37/h5-19,25-27,33,35H,20-24H2,1-4H3/b19-5-/t26-,27+,33-/m1/s1. The summed E-state index contributed by atoms with van der Waals surface area (Å²) in [6.45, 7) is 7.90. The van der Waals surface area contributed by atoms with Crippen LogP contribution in [0.25, 0.3) is 0 Å². The lowest BCUT2D eigenvalue weighted by Gasteiger charge is -2.30. The number of rotatable bonds is 15. The minimum Gasteiger partial charge on any atom is -0.373 e. The molecule has 0 fully saturated rings. The van der Waals surface area contributed by atoms with Gasteiger partial charge in [-0.15, -0.1) is 0 Å². The fraction of sp³-hybridized carbons (Fsp3) is 0.353. The zero-order chi connectivity index (χ0) is 29.9. The Morgan fingerprint density at radius 3 is 2.19 bits per heavy atom. The van der Waals surface area contributed by atoms with Gasteiger partial charge in [-0.25, -0.2) is 5.43 Å². The van der Waals surface area contributed by atoms with Crippen molar-refractivity contribution >= 4 is 18.0 Å². The molecular weight excluding hydrogens is 528 g/mol. The van der Waals surface area contributed by atoms with Crippen LogP contribution in [0, 0.1) is 0 Å². The fourth-order valence-corrected chi connectivity index (χ4v) is 5.15. The summed E-state index contributed by atoms with van der Waals surface area (Å²) in [5.41, 5.74) is 8.44. The molecule has 1 N–H and O–H groups in total. The third-order valence-corrected chi connectivity index (χ3v) is 7.65. The summed E-state index contributed by atoms with van der Waals surface area (Å²) in [6.07, 6.45) is 3.46. The molecule has 0 saturated heterocycles. The summed E-state index contributed by atoms with van der Waals surface area (Å²) in [4.78, 5) is 29.3. The predicted molar refractivity (Wildman–Crippen MR) is 165 cm³/mol. The lowest BCUT2D eigenvalue weighted by molar-refractivity contribution is -0.157. The Balaban J connectivity index is 1.37. The molecule has 8 heteroatoms. The number of allylic oxidation sites excluding steroid dienone is 1. The van der Waals surface area contributed by atoms with Crippen molar-refractivity contribution in [2.24, 2.45) is 0 Å². The van der Waals surface area contributed by atoms with Crippen LogP contribution in [0.1, 0.15) is 49.1 Å². The molecule has 0 aromatic heterocycles. The first kappa shape index (κ1) is 31.0. The van der Waals surface area contributed by atoms with E-state index in [0.717, 1.165) is 34.4 Å². The van der Waals surface area contributed by atoms with Crippen molar-refractivity contribution < 1.29 is 19.1 Å². The third kappa shape index (κ3) is 7.85. The number of amides is 2. The van der Waals surface area contributed by atoms with Gasteiger partial charge in [0.2, 0.25) is 6.41 Å². The molecule has 0 radical (unpaired) electrons. The number of benzene rings is 3. The van der Waals surface area contributed by atoms with Crippen molar-refractivity contribution in [2.75, 3.05) is 25.2 Å². The van der Waals surface area contributed by atoms with Crippen LogP contribution < -0.4 is 10.4 Å². The van der Waals surface area contributed by atoms with Crippen molar-refractivity contribution in [1.29, 1.82) is 0 Å². The molecule has 1 heterocycles. The second-order valence-electron chi connectivity index (χ2n) is 10.4. The number of hydrogen-bond donors (Lipinski definition) is 1. The van der Waals surface area contributed by atoms with E-state index in [4.69, 9.17) is 9.47 Å². The van der Waals surface area contributed by atoms with Crippen LogP contribution in [0.3, 0.4) is 0 Å². The molecule has 1 aliphatic rings. The van der Waals surface area contributed by atoms with Crippen LogP contribution in [0.15, 0.2) is 91.1 Å². The molecule has 0 unspecified atom stereocenters. The van der Waals surface area contributed by atoms with Crippen LogP contribution in [0.2, 0.25) is 0 Å². The molecule has 1 aliphatic heterocycles. The van der Waals surface area contributed by atoms with Crippen molar-refractivity contribution in [1.82, 2.24) is 15.2 Å². The topological polar surface area (TPSA) is 74.4 Å². The number of anilines is 1. The minimum absolute atomic E-state index is 0.0936. The monoisotopic (exact) mass is 570 g/mol. The van der Waals surface area contributed by atoms with Gasteiger partial charge < -0.3 is 19.3 Å². The molecular formula is C34H42N4O4. The molecule has 2 amide bonds. The number of carbonyl (C=O) groups is 2. The molecule has 0 bridgehead atoms. The number of carbonyl (C=O) groups excluding carboxylic acids is 2. The van der Waals surface area contributed by atoms with Gasteiger partial charge in [0.05, 0.1) is 31.0 Å². The van der Waals surface area contributed by atoms with Crippen LogP contribution in [0.5, 0.6) is 0 Å². The summed E-state index contributed by atoms with van der Waals surface area (Å²) in [6, 6.07) is 25.9. The van der Waals surface area contributed by atoms with Crippen LogP contribution in [-0.4, -0.2) is 54.5 Å². The van der Waals surface area contributed by atoms with E-state index >= 15 is 0 Å². The molecule has 0 saturated carbocycles. The molecule has 3 atom stereocenters. The lowest BCUT2D eigenvalue weighted by atomic mass is 10.1. The molecule has 222 valence electrons. The van der Waals surface area contributed by atoms with Gasteiger partial charge >= 0.3 is 0 Å². The predicted octanol–water partition coefficient (Wildman–Crippen LogP) is 5.21. The zero-order valence-corrected chi connectivity index (χ0v) is 25.0. The number of nitrogens with zero attached hydrogens (tertiary/aromatic N) is 3. The highest BCUT2D eigenvalue weighted by atomic mass is 16.5. The highest BCUT2D eigenvalue weighted by Gasteiger charge is 2.34. The molecule has 8 nitrogen and oxygen atoms in total. The maximum atomic E-state index is 13.7. The lowest BCUT2D eigenvalue weighted by Crippen LogP contribution is -2.45. The van der Waals surface area contributed by atoms with Gasteiger partial charge in [-0.3, -0.25) is 14.6 Å². The van der Waals surface area contributed by atoms with Gasteiger partial charge in [0.25, 0.3) is 5.91 Å². The highest BCUT2D eigenvalue weighted by Crippen LogP contribution is 2.25. The Hall–Kier alpha value is -3.98. The highest BCUT2D eigenvalue weighted by molar-refractivity contribution is 5.82. The van der Waals surface area contributed by atoms with Gasteiger partial charge in [-0.2, -0.15) is 0 Å². The number of hydrogen-bond acceptors (Lipinski definition) is 6. The van der Waals surface area contributed by atoms with Crippen molar-refractivity contribution in [2.45, 2.75) is 58.7 Å². The maximum absolute atomic E-state index is 13.7. The Morgan fingerprint density at radius 1 is 0.952 bits per heavy atom. The summed E-state index contributed by atoms with van der Waals surface area (Å²) < 4.78 is 12.4. The first-order valence-corrected chi connectivity index (χ1v) is 14.5. The van der Waals surface area contributed by atoms with Gasteiger partial charge in [-0.1, -0.05) is 72.8 Å². The first-order chi connectivity index (χ1) is 20.4. The van der Waals surface area contributed by atoms with Crippen molar-refractivity contribution in [3.8, 4) is 0 Å². The normalized spacial score (nSPS) is 14.8. The van der Waals surface area contributed by atoms with Gasteiger partial charge in [0.1, 0.15) is 0 Å². The average Bonchev–Trinajstić information content (AvgIpc) is 3.47. The van der Waals surface area contributed by atoms with E-state index in [2.05, 4.69) is 17.6 Å².